The molecule has 1 saturated carbocycles. The Bertz CT molecular complexity index is 632. The number of nitrogens with zero attached hydrogens (tertiary/aromatic N) is 1. The third kappa shape index (κ3) is 2.43. The maximum Gasteiger partial charge on any atom is 0.418 e. The Morgan fingerprint density at radius 1 is 1.32 bits per heavy atom. The lowest BCUT2D eigenvalue weighted by atomic mass is 9.75. The second-order valence-electron chi connectivity index (χ2n) is 6.40. The van der Waals surface area contributed by atoms with Gasteiger partial charge in [0.2, 0.25) is 5.91 Å². The summed E-state index contributed by atoms with van der Waals surface area (Å²) in [5.41, 5.74) is 4.19. The van der Waals surface area contributed by atoms with Crippen molar-refractivity contribution < 1.29 is 23.1 Å². The lowest BCUT2D eigenvalue weighted by Gasteiger charge is -2.48. The van der Waals surface area contributed by atoms with Gasteiger partial charge < -0.3 is 15.7 Å². The van der Waals surface area contributed by atoms with Gasteiger partial charge in [0.15, 0.2) is 0 Å². The highest BCUT2D eigenvalue weighted by atomic mass is 19.4. The summed E-state index contributed by atoms with van der Waals surface area (Å²) in [6.07, 6.45) is -3.62. The lowest BCUT2D eigenvalue weighted by Crippen LogP contribution is -2.57. The lowest BCUT2D eigenvalue weighted by molar-refractivity contribution is -0.137. The van der Waals surface area contributed by atoms with Crippen LogP contribution in [0.25, 0.3) is 0 Å². The molecule has 1 aliphatic carbocycles. The smallest absolute Gasteiger partial charge is 0.399 e. The first-order valence-electron chi connectivity index (χ1n) is 7.12. The first-order chi connectivity index (χ1) is 10.1. The van der Waals surface area contributed by atoms with E-state index in [4.69, 9.17) is 5.73 Å². The Morgan fingerprint density at radius 3 is 2.50 bits per heavy atom. The number of nitrogen functional groups attached to an aromatic ring is 1. The van der Waals surface area contributed by atoms with Crippen LogP contribution in [0.1, 0.15) is 37.3 Å². The molecule has 1 aromatic rings. The molecule has 1 amide bonds. The molecule has 3 rings (SSSR count). The van der Waals surface area contributed by atoms with Crippen LogP contribution in [0, 0.1) is 0 Å². The Hall–Kier alpha value is -1.76. The third-order valence-electron chi connectivity index (χ3n) is 4.35. The average Bonchev–Trinajstić information content (AvgIpc) is 2.34. The van der Waals surface area contributed by atoms with E-state index in [0.29, 0.717) is 5.56 Å². The van der Waals surface area contributed by atoms with Crippen LogP contribution in [-0.2, 0) is 17.4 Å². The number of aryl methyl sites for hydroxylation is 1. The first kappa shape index (κ1) is 15.1. The molecule has 3 N–H and O–H groups in total. The highest BCUT2D eigenvalue weighted by molar-refractivity contribution is 5.98. The van der Waals surface area contributed by atoms with E-state index in [1.54, 1.807) is 6.92 Å². The largest absolute Gasteiger partial charge is 0.418 e. The molecule has 2 aliphatic rings. The standard InChI is InChI=1S/C15H17F3N2O2/c1-14(22)6-10(7-14)20-12(21)3-2-8-4-9(19)5-11(13(8)20)15(16,17)18/h4-5,10,22H,2-3,6-7,19H2,1H3. The van der Waals surface area contributed by atoms with E-state index in [-0.39, 0.29) is 43.0 Å². The number of fused-ring (bicyclic) bond motifs is 1. The first-order valence-corrected chi connectivity index (χ1v) is 7.12. The minimum atomic E-state index is -4.58. The molecule has 4 nitrogen and oxygen atoms in total. The van der Waals surface area contributed by atoms with Crippen LogP contribution in [0.4, 0.5) is 24.5 Å². The molecule has 0 atom stereocenters. The maximum atomic E-state index is 13.4. The number of hydrogen-bond donors (Lipinski definition) is 2. The van der Waals surface area contributed by atoms with Crippen molar-refractivity contribution in [2.24, 2.45) is 0 Å². The summed E-state index contributed by atoms with van der Waals surface area (Å²) >= 11 is 0. The van der Waals surface area contributed by atoms with Crippen molar-refractivity contribution in [2.75, 3.05) is 10.6 Å². The summed E-state index contributed by atoms with van der Waals surface area (Å²) in [4.78, 5) is 13.4. The predicted octanol–water partition coefficient (Wildman–Crippen LogP) is 2.48. The van der Waals surface area contributed by atoms with Crippen molar-refractivity contribution in [1.29, 1.82) is 0 Å². The van der Waals surface area contributed by atoms with Crippen LogP contribution in [0.15, 0.2) is 12.1 Å². The van der Waals surface area contributed by atoms with Gasteiger partial charge in [-0.05, 0) is 43.9 Å². The molecule has 0 radical (unpaired) electrons. The molecule has 1 aromatic carbocycles. The van der Waals surface area contributed by atoms with Crippen molar-refractivity contribution in [3.8, 4) is 0 Å². The van der Waals surface area contributed by atoms with Gasteiger partial charge in [-0.15, -0.1) is 0 Å². The van der Waals surface area contributed by atoms with Crippen LogP contribution in [0.2, 0.25) is 0 Å². The minimum absolute atomic E-state index is 0.0426. The molecule has 1 fully saturated rings. The number of rotatable bonds is 1. The van der Waals surface area contributed by atoms with Crippen molar-refractivity contribution in [2.45, 2.75) is 50.4 Å². The summed E-state index contributed by atoms with van der Waals surface area (Å²) in [6.45, 7) is 1.62. The SMILES string of the molecule is CC1(O)CC(N2C(=O)CCc3cc(N)cc(C(F)(F)F)c32)C1. The fourth-order valence-electron chi connectivity index (χ4n) is 3.42. The topological polar surface area (TPSA) is 66.6 Å². The van der Waals surface area contributed by atoms with Gasteiger partial charge in [0, 0.05) is 18.2 Å². The van der Waals surface area contributed by atoms with Gasteiger partial charge in [-0.2, -0.15) is 13.2 Å². The number of carbonyl (C=O) groups excluding carboxylic acids is 1. The number of alkyl halides is 3. The van der Waals surface area contributed by atoms with Crippen molar-refractivity contribution in [1.82, 2.24) is 0 Å². The molecular formula is C15H17F3N2O2. The highest BCUT2D eigenvalue weighted by Gasteiger charge is 2.48. The molecule has 0 aromatic heterocycles. The van der Waals surface area contributed by atoms with E-state index in [2.05, 4.69) is 0 Å². The zero-order valence-electron chi connectivity index (χ0n) is 12.1. The van der Waals surface area contributed by atoms with E-state index < -0.39 is 23.4 Å². The Labute approximate surface area is 125 Å². The van der Waals surface area contributed by atoms with Crippen LogP contribution in [-0.4, -0.2) is 22.7 Å². The molecule has 7 heteroatoms. The quantitative estimate of drug-likeness (QED) is 0.783. The normalized spacial score (nSPS) is 28.3. The van der Waals surface area contributed by atoms with Crippen molar-refractivity contribution in [3.63, 3.8) is 0 Å². The third-order valence-corrected chi connectivity index (χ3v) is 4.35. The summed E-state index contributed by atoms with van der Waals surface area (Å²) in [6, 6.07) is 1.98. The van der Waals surface area contributed by atoms with Crippen LogP contribution >= 0.6 is 0 Å². The molecule has 1 aliphatic heterocycles. The average molecular weight is 314 g/mol. The molecule has 0 spiro atoms. The van der Waals surface area contributed by atoms with Gasteiger partial charge in [-0.3, -0.25) is 4.79 Å². The molecule has 22 heavy (non-hydrogen) atoms. The number of carbonyl (C=O) groups is 1. The molecule has 1 heterocycles. The Kier molecular flexibility index (Phi) is 3.18. The second-order valence-corrected chi connectivity index (χ2v) is 6.40. The minimum Gasteiger partial charge on any atom is -0.399 e. The van der Waals surface area contributed by atoms with E-state index >= 15 is 0 Å². The summed E-state index contributed by atoms with van der Waals surface area (Å²) in [5, 5.41) is 9.84. The van der Waals surface area contributed by atoms with Gasteiger partial charge >= 0.3 is 6.18 Å². The molecular weight excluding hydrogens is 297 g/mol. The number of aliphatic hydroxyl groups is 1. The number of halogens is 3. The molecule has 120 valence electrons. The van der Waals surface area contributed by atoms with Crippen LogP contribution in [0.3, 0.4) is 0 Å². The number of benzene rings is 1. The summed E-state index contributed by atoms with van der Waals surface area (Å²) in [7, 11) is 0. The molecule has 0 unspecified atom stereocenters. The van der Waals surface area contributed by atoms with E-state index in [9.17, 15) is 23.1 Å². The van der Waals surface area contributed by atoms with Crippen LogP contribution in [0.5, 0.6) is 0 Å². The van der Waals surface area contributed by atoms with Crippen molar-refractivity contribution in [3.05, 3.63) is 23.3 Å². The van der Waals surface area contributed by atoms with Gasteiger partial charge in [0.05, 0.1) is 16.9 Å². The number of amides is 1. The van der Waals surface area contributed by atoms with E-state index in [1.165, 1.54) is 11.0 Å². The fourth-order valence-corrected chi connectivity index (χ4v) is 3.42. The van der Waals surface area contributed by atoms with Gasteiger partial charge in [0.25, 0.3) is 0 Å². The summed E-state index contributed by atoms with van der Waals surface area (Å²) in [5.74, 6) is -0.330. The zero-order valence-corrected chi connectivity index (χ0v) is 12.1. The van der Waals surface area contributed by atoms with E-state index in [1.807, 2.05) is 0 Å². The monoisotopic (exact) mass is 314 g/mol. The van der Waals surface area contributed by atoms with Crippen molar-refractivity contribution >= 4 is 17.3 Å². The van der Waals surface area contributed by atoms with E-state index in [0.717, 1.165) is 6.07 Å². The van der Waals surface area contributed by atoms with Gasteiger partial charge in [-0.1, -0.05) is 0 Å². The highest BCUT2D eigenvalue weighted by Crippen LogP contribution is 2.47. The van der Waals surface area contributed by atoms with Gasteiger partial charge in [0.1, 0.15) is 0 Å². The van der Waals surface area contributed by atoms with Gasteiger partial charge in [-0.25, -0.2) is 0 Å². The molecule has 0 saturated heterocycles. The zero-order chi connectivity index (χ0) is 16.3. The predicted molar refractivity (Wildman–Crippen MR) is 75.3 cm³/mol. The number of nitrogens with two attached hydrogens (primary N) is 1. The summed E-state index contributed by atoms with van der Waals surface area (Å²) < 4.78 is 40.1. The maximum absolute atomic E-state index is 13.4. The molecule has 0 bridgehead atoms. The number of hydrogen-bond acceptors (Lipinski definition) is 3. The Balaban J connectivity index is 2.11. The number of anilines is 2. The second kappa shape index (κ2) is 4.62. The Morgan fingerprint density at radius 2 is 1.95 bits per heavy atom. The fraction of sp³-hybridized carbons (Fsp3) is 0.533. The van der Waals surface area contributed by atoms with Crippen LogP contribution < -0.4 is 10.6 Å².